The van der Waals surface area contributed by atoms with Crippen LogP contribution in [-0.2, 0) is 29.1 Å². The van der Waals surface area contributed by atoms with Crippen LogP contribution in [0.4, 0.5) is 0 Å². The van der Waals surface area contributed by atoms with Crippen molar-refractivity contribution in [3.8, 4) is 0 Å². The van der Waals surface area contributed by atoms with Crippen molar-refractivity contribution in [1.29, 1.82) is 0 Å². The Morgan fingerprint density at radius 2 is 0.826 bits per heavy atom. The summed E-state index contributed by atoms with van der Waals surface area (Å²) in [6.07, 6.45) is 9.23. The summed E-state index contributed by atoms with van der Waals surface area (Å²) >= 11 is 0. The molecule has 6 nitrogen and oxygen atoms in total. The molecular formula is C16H30O6Zn. The number of carbonyl (C=O) groups is 2. The van der Waals surface area contributed by atoms with Crippen molar-refractivity contribution in [3.63, 3.8) is 0 Å². The zero-order valence-corrected chi connectivity index (χ0v) is 17.1. The number of carbonyl (C=O) groups excluding carboxylic acids is 2. The average molecular weight is 384 g/mol. The Balaban J connectivity index is -0.000000333. The van der Waals surface area contributed by atoms with E-state index in [1.165, 1.54) is 0 Å². The Hall–Kier alpha value is -0.517. The molecule has 0 unspecified atom stereocenters. The van der Waals surface area contributed by atoms with Gasteiger partial charge in [-0.1, -0.05) is 38.5 Å². The number of aliphatic hydroxyl groups is 2. The summed E-state index contributed by atoms with van der Waals surface area (Å²) in [5, 5.41) is 36.7. The molecule has 0 aliphatic heterocycles. The standard InChI is InChI=1S/2C8H16O3.Zn/c2*9-7-5-3-1-2-4-6-8(10)11;/h2*9H,1-7H2,(H,10,11);/q;;+2/p-2. The van der Waals surface area contributed by atoms with E-state index in [1.54, 1.807) is 0 Å². The van der Waals surface area contributed by atoms with Crippen LogP contribution in [0.1, 0.15) is 77.0 Å². The van der Waals surface area contributed by atoms with Gasteiger partial charge in [-0.3, -0.25) is 0 Å². The molecule has 0 aliphatic rings. The van der Waals surface area contributed by atoms with Crippen LogP contribution in [0, 0.1) is 0 Å². The molecule has 0 amide bonds. The molecule has 0 saturated carbocycles. The van der Waals surface area contributed by atoms with Crippen LogP contribution in [0.2, 0.25) is 0 Å². The van der Waals surface area contributed by atoms with Crippen LogP contribution in [-0.4, -0.2) is 35.4 Å². The number of aliphatic carboxylic acids is 2. The van der Waals surface area contributed by atoms with Crippen molar-refractivity contribution in [1.82, 2.24) is 0 Å². The summed E-state index contributed by atoms with van der Waals surface area (Å²) in [5.74, 6) is -1.93. The fraction of sp³-hybridized carbons (Fsp3) is 0.875. The van der Waals surface area contributed by atoms with Crippen molar-refractivity contribution in [2.75, 3.05) is 13.2 Å². The Morgan fingerprint density at radius 1 is 0.565 bits per heavy atom. The van der Waals surface area contributed by atoms with Crippen molar-refractivity contribution < 1.29 is 49.5 Å². The molecule has 23 heavy (non-hydrogen) atoms. The van der Waals surface area contributed by atoms with Crippen molar-refractivity contribution in [2.24, 2.45) is 0 Å². The second kappa shape index (κ2) is 23.7. The molecule has 2 N–H and O–H groups in total. The SMILES string of the molecule is O=C([O-])CCCCCCCO.O=C([O-])CCCCCCCO.[Zn+2]. The maximum absolute atomic E-state index is 9.94. The van der Waals surface area contributed by atoms with Crippen molar-refractivity contribution in [2.45, 2.75) is 77.0 Å². The zero-order valence-electron chi connectivity index (χ0n) is 14.1. The Labute approximate surface area is 152 Å². The fourth-order valence-corrected chi connectivity index (χ4v) is 1.82. The molecule has 7 heteroatoms. The Kier molecular flexibility index (Phi) is 28.2. The number of aliphatic hydroxyl groups excluding tert-OH is 2. The zero-order chi connectivity index (χ0) is 17.1. The largest absolute Gasteiger partial charge is 2.00 e. The molecule has 0 spiro atoms. The first kappa shape index (κ1) is 27.3. The summed E-state index contributed by atoms with van der Waals surface area (Å²) in [5.41, 5.74) is 0. The first-order valence-corrected chi connectivity index (χ1v) is 8.16. The molecule has 0 aromatic heterocycles. The number of rotatable bonds is 14. The third kappa shape index (κ3) is 34.0. The van der Waals surface area contributed by atoms with Gasteiger partial charge in [0, 0.05) is 25.2 Å². The normalized spacial score (nSPS) is 9.48. The number of hydrogen-bond acceptors (Lipinski definition) is 6. The van der Waals surface area contributed by atoms with E-state index in [9.17, 15) is 19.8 Å². The van der Waals surface area contributed by atoms with Crippen LogP contribution >= 0.6 is 0 Å². The number of carboxylic acid groups (broad SMARTS) is 2. The molecule has 0 saturated heterocycles. The second-order valence-corrected chi connectivity index (χ2v) is 5.23. The van der Waals surface area contributed by atoms with Crippen LogP contribution in [0.25, 0.3) is 0 Å². The number of carboxylic acids is 2. The summed E-state index contributed by atoms with van der Waals surface area (Å²) in [4.78, 5) is 19.9. The van der Waals surface area contributed by atoms with E-state index in [1.807, 2.05) is 0 Å². The molecule has 0 bridgehead atoms. The predicted octanol–water partition coefficient (Wildman–Crippen LogP) is 0.136. The minimum atomic E-state index is -0.966. The van der Waals surface area contributed by atoms with E-state index in [-0.39, 0.29) is 45.5 Å². The molecule has 132 valence electrons. The Morgan fingerprint density at radius 3 is 1.09 bits per heavy atom. The summed E-state index contributed by atoms with van der Waals surface area (Å²) in [6.45, 7) is 0.473. The molecule has 0 aliphatic carbocycles. The molecule has 0 aromatic carbocycles. The quantitative estimate of drug-likeness (QED) is 0.325. The Bertz CT molecular complexity index is 235. The maximum Gasteiger partial charge on any atom is 2.00 e. The van der Waals surface area contributed by atoms with E-state index in [0.29, 0.717) is 12.8 Å². The van der Waals surface area contributed by atoms with E-state index in [0.717, 1.165) is 51.4 Å². The fourth-order valence-electron chi connectivity index (χ4n) is 1.82. The van der Waals surface area contributed by atoms with Gasteiger partial charge in [-0.15, -0.1) is 0 Å². The third-order valence-corrected chi connectivity index (χ3v) is 3.08. The third-order valence-electron chi connectivity index (χ3n) is 3.08. The van der Waals surface area contributed by atoms with Gasteiger partial charge in [-0.25, -0.2) is 0 Å². The smallest absolute Gasteiger partial charge is 0.550 e. The van der Waals surface area contributed by atoms with Gasteiger partial charge in [-0.2, -0.15) is 0 Å². The van der Waals surface area contributed by atoms with E-state index in [4.69, 9.17) is 10.2 Å². The first-order valence-electron chi connectivity index (χ1n) is 8.16. The van der Waals surface area contributed by atoms with Crippen LogP contribution < -0.4 is 10.2 Å². The van der Waals surface area contributed by atoms with Gasteiger partial charge >= 0.3 is 19.5 Å². The van der Waals surface area contributed by atoms with Gasteiger partial charge in [0.2, 0.25) is 0 Å². The second-order valence-electron chi connectivity index (χ2n) is 5.23. The van der Waals surface area contributed by atoms with Gasteiger partial charge in [-0.05, 0) is 38.5 Å². The summed E-state index contributed by atoms with van der Waals surface area (Å²) < 4.78 is 0. The van der Waals surface area contributed by atoms with Gasteiger partial charge < -0.3 is 30.0 Å². The van der Waals surface area contributed by atoms with Gasteiger partial charge in [0.05, 0.1) is 0 Å². The summed E-state index contributed by atoms with van der Waals surface area (Å²) in [6, 6.07) is 0. The predicted molar refractivity (Wildman–Crippen MR) is 79.6 cm³/mol. The van der Waals surface area contributed by atoms with Crippen LogP contribution in [0.3, 0.4) is 0 Å². The monoisotopic (exact) mass is 382 g/mol. The number of unbranched alkanes of at least 4 members (excludes halogenated alkanes) is 8. The van der Waals surface area contributed by atoms with Crippen molar-refractivity contribution >= 4 is 11.9 Å². The minimum absolute atomic E-state index is 0. The molecule has 0 aromatic rings. The summed E-state index contributed by atoms with van der Waals surface area (Å²) in [7, 11) is 0. The van der Waals surface area contributed by atoms with Crippen LogP contribution in [0.5, 0.6) is 0 Å². The van der Waals surface area contributed by atoms with E-state index in [2.05, 4.69) is 0 Å². The average Bonchev–Trinajstić information content (AvgIpc) is 2.46. The molecule has 0 atom stereocenters. The molecule has 0 rings (SSSR count). The number of hydrogen-bond donors (Lipinski definition) is 2. The van der Waals surface area contributed by atoms with Crippen LogP contribution in [0.15, 0.2) is 0 Å². The molecular weight excluding hydrogens is 354 g/mol. The first-order chi connectivity index (χ1) is 10.5. The molecule has 0 heterocycles. The minimum Gasteiger partial charge on any atom is -0.550 e. The molecule has 0 radical (unpaired) electrons. The van der Waals surface area contributed by atoms with Gasteiger partial charge in [0.15, 0.2) is 0 Å². The van der Waals surface area contributed by atoms with Gasteiger partial charge in [0.25, 0.3) is 0 Å². The van der Waals surface area contributed by atoms with Crippen molar-refractivity contribution in [3.05, 3.63) is 0 Å². The van der Waals surface area contributed by atoms with E-state index >= 15 is 0 Å². The molecule has 0 fully saturated rings. The van der Waals surface area contributed by atoms with E-state index < -0.39 is 11.9 Å². The van der Waals surface area contributed by atoms with Gasteiger partial charge in [0.1, 0.15) is 0 Å². The topological polar surface area (TPSA) is 121 Å². The maximum atomic E-state index is 9.94.